The van der Waals surface area contributed by atoms with E-state index in [-0.39, 0.29) is 39.5 Å². The van der Waals surface area contributed by atoms with Crippen LogP contribution in [0.2, 0.25) is 5.02 Å². The molecule has 1 aromatic carbocycles. The zero-order chi connectivity index (χ0) is 18.1. The van der Waals surface area contributed by atoms with Crippen LogP contribution >= 0.6 is 11.6 Å². The number of nitrogens with zero attached hydrogens (tertiary/aromatic N) is 1. The van der Waals surface area contributed by atoms with Crippen molar-refractivity contribution in [3.05, 3.63) is 23.2 Å². The van der Waals surface area contributed by atoms with E-state index in [1.54, 1.807) is 0 Å². The second kappa shape index (κ2) is 6.97. The second-order valence-corrected chi connectivity index (χ2v) is 8.80. The van der Waals surface area contributed by atoms with E-state index in [2.05, 4.69) is 19.2 Å². The lowest BCUT2D eigenvalue weighted by molar-refractivity contribution is -0.118. The van der Waals surface area contributed by atoms with Crippen LogP contribution in [-0.4, -0.2) is 44.9 Å². The molecule has 0 saturated carbocycles. The van der Waals surface area contributed by atoms with Gasteiger partial charge in [-0.05, 0) is 30.0 Å². The number of hydrogen-bond acceptors (Lipinski definition) is 5. The average Bonchev–Trinajstić information content (AvgIpc) is 2.43. The molecule has 1 heterocycles. The van der Waals surface area contributed by atoms with Crippen molar-refractivity contribution in [1.29, 1.82) is 0 Å². The first-order chi connectivity index (χ1) is 11.0. The Kier molecular flexibility index (Phi) is 5.56. The Morgan fingerprint density at radius 2 is 2.12 bits per heavy atom. The van der Waals surface area contributed by atoms with Gasteiger partial charge in [0.05, 0.1) is 22.2 Å². The number of amides is 1. The summed E-state index contributed by atoms with van der Waals surface area (Å²) in [6, 6.07) is 4.05. The van der Waals surface area contributed by atoms with Crippen LogP contribution in [0.1, 0.15) is 20.3 Å². The number of halogens is 1. The Labute approximate surface area is 147 Å². The fourth-order valence-corrected chi connectivity index (χ4v) is 3.49. The SMILES string of the molecule is CC1(C)CN(CC(=O)Nc2cc(S(N)(=O)=O)ccc2Cl)CCC1N. The summed E-state index contributed by atoms with van der Waals surface area (Å²) in [6.07, 6.45) is 0.821. The van der Waals surface area contributed by atoms with Gasteiger partial charge in [0.15, 0.2) is 0 Å². The van der Waals surface area contributed by atoms with E-state index in [9.17, 15) is 13.2 Å². The van der Waals surface area contributed by atoms with Crippen LogP contribution in [0.3, 0.4) is 0 Å². The molecule has 0 radical (unpaired) electrons. The van der Waals surface area contributed by atoms with Crippen LogP contribution in [0, 0.1) is 5.41 Å². The third kappa shape index (κ3) is 4.67. The summed E-state index contributed by atoms with van der Waals surface area (Å²) in [6.45, 7) is 5.80. The van der Waals surface area contributed by atoms with Gasteiger partial charge in [0.25, 0.3) is 0 Å². The minimum Gasteiger partial charge on any atom is -0.327 e. The lowest BCUT2D eigenvalue weighted by Gasteiger charge is -2.42. The summed E-state index contributed by atoms with van der Waals surface area (Å²) in [4.78, 5) is 14.2. The number of likely N-dealkylation sites (tertiary alicyclic amines) is 1. The molecule has 9 heteroatoms. The number of carbonyl (C=O) groups is 1. The molecule has 1 atom stereocenters. The van der Waals surface area contributed by atoms with Gasteiger partial charge >= 0.3 is 0 Å². The van der Waals surface area contributed by atoms with E-state index in [1.807, 2.05) is 4.90 Å². The van der Waals surface area contributed by atoms with Gasteiger partial charge in [-0.2, -0.15) is 0 Å². The number of sulfonamides is 1. The molecule has 0 aromatic heterocycles. The summed E-state index contributed by atoms with van der Waals surface area (Å²) in [7, 11) is -3.86. The monoisotopic (exact) mass is 374 g/mol. The Morgan fingerprint density at radius 3 is 2.71 bits per heavy atom. The number of piperidine rings is 1. The number of hydrogen-bond donors (Lipinski definition) is 3. The molecule has 5 N–H and O–H groups in total. The van der Waals surface area contributed by atoms with Crippen molar-refractivity contribution >= 4 is 33.2 Å². The van der Waals surface area contributed by atoms with Crippen LogP contribution < -0.4 is 16.2 Å². The number of nitrogens with two attached hydrogens (primary N) is 2. The van der Waals surface area contributed by atoms with Crippen molar-refractivity contribution in [2.24, 2.45) is 16.3 Å². The number of carbonyl (C=O) groups excluding carboxylic acids is 1. The zero-order valence-electron chi connectivity index (χ0n) is 13.8. The van der Waals surface area contributed by atoms with Gasteiger partial charge in [-0.1, -0.05) is 25.4 Å². The number of rotatable bonds is 4. The van der Waals surface area contributed by atoms with Crippen molar-refractivity contribution in [3.63, 3.8) is 0 Å². The van der Waals surface area contributed by atoms with E-state index in [4.69, 9.17) is 22.5 Å². The molecule has 1 unspecified atom stereocenters. The molecule has 0 bridgehead atoms. The number of anilines is 1. The van der Waals surface area contributed by atoms with Gasteiger partial charge in [0.2, 0.25) is 15.9 Å². The highest BCUT2D eigenvalue weighted by Crippen LogP contribution is 2.28. The molecule has 7 nitrogen and oxygen atoms in total. The lowest BCUT2D eigenvalue weighted by Crippen LogP contribution is -2.53. The normalized spacial score (nSPS) is 21.5. The molecule has 2 rings (SSSR count). The topological polar surface area (TPSA) is 119 Å². The van der Waals surface area contributed by atoms with E-state index in [0.29, 0.717) is 6.54 Å². The number of primary sulfonamides is 1. The molecule has 1 aliphatic heterocycles. The predicted octanol–water partition coefficient (Wildman–Crippen LogP) is 0.985. The number of nitrogens with one attached hydrogen (secondary N) is 1. The van der Waals surface area contributed by atoms with Gasteiger partial charge in [-0.25, -0.2) is 13.6 Å². The molecule has 1 aliphatic rings. The van der Waals surface area contributed by atoms with Crippen molar-refractivity contribution in [2.45, 2.75) is 31.2 Å². The summed E-state index contributed by atoms with van der Waals surface area (Å²) >= 11 is 6.02. The Hall–Kier alpha value is -1.19. The molecular weight excluding hydrogens is 352 g/mol. The maximum absolute atomic E-state index is 12.3. The van der Waals surface area contributed by atoms with E-state index in [0.717, 1.165) is 13.0 Å². The molecule has 0 aliphatic carbocycles. The summed E-state index contributed by atoms with van der Waals surface area (Å²) < 4.78 is 22.8. The van der Waals surface area contributed by atoms with Crippen molar-refractivity contribution in [2.75, 3.05) is 25.0 Å². The smallest absolute Gasteiger partial charge is 0.238 e. The van der Waals surface area contributed by atoms with E-state index >= 15 is 0 Å². The van der Waals surface area contributed by atoms with Crippen molar-refractivity contribution in [3.8, 4) is 0 Å². The average molecular weight is 375 g/mol. The molecule has 0 spiro atoms. The van der Waals surface area contributed by atoms with Crippen molar-refractivity contribution < 1.29 is 13.2 Å². The van der Waals surface area contributed by atoms with Crippen LogP contribution in [0.5, 0.6) is 0 Å². The van der Waals surface area contributed by atoms with E-state index < -0.39 is 10.0 Å². The minimum absolute atomic E-state index is 0.0658. The molecule has 1 fully saturated rings. The fourth-order valence-electron chi connectivity index (χ4n) is 2.79. The molecule has 1 saturated heterocycles. The molecule has 1 aromatic rings. The maximum Gasteiger partial charge on any atom is 0.238 e. The lowest BCUT2D eigenvalue weighted by atomic mass is 9.80. The standard InChI is InChI=1S/C15H23ClN4O3S/c1-15(2)9-20(6-5-13(15)17)8-14(21)19-12-7-10(24(18,22)23)3-4-11(12)16/h3-4,7,13H,5-6,8-9,17H2,1-2H3,(H,19,21)(H2,18,22,23). The predicted molar refractivity (Wildman–Crippen MR) is 94.3 cm³/mol. The highest BCUT2D eigenvalue weighted by Gasteiger charge is 2.33. The first-order valence-corrected chi connectivity index (χ1v) is 9.51. The molecular formula is C15H23ClN4O3S. The van der Waals surface area contributed by atoms with Crippen LogP contribution in [-0.2, 0) is 14.8 Å². The minimum atomic E-state index is -3.86. The van der Waals surface area contributed by atoms with Crippen molar-refractivity contribution in [1.82, 2.24) is 4.90 Å². The summed E-state index contributed by atoms with van der Waals surface area (Å²) in [5, 5.41) is 7.99. The largest absolute Gasteiger partial charge is 0.327 e. The van der Waals surface area contributed by atoms with Crippen LogP contribution in [0.25, 0.3) is 0 Å². The Bertz CT molecular complexity index is 736. The van der Waals surface area contributed by atoms with Gasteiger partial charge in [-0.15, -0.1) is 0 Å². The van der Waals surface area contributed by atoms with Gasteiger partial charge < -0.3 is 11.1 Å². The quantitative estimate of drug-likeness (QED) is 0.726. The Balaban J connectivity index is 2.05. The molecule has 1 amide bonds. The summed E-state index contributed by atoms with van der Waals surface area (Å²) in [5.41, 5.74) is 6.25. The van der Waals surface area contributed by atoms with Crippen LogP contribution in [0.15, 0.2) is 23.1 Å². The fraction of sp³-hybridized carbons (Fsp3) is 0.533. The highest BCUT2D eigenvalue weighted by atomic mass is 35.5. The van der Waals surface area contributed by atoms with Crippen LogP contribution in [0.4, 0.5) is 5.69 Å². The van der Waals surface area contributed by atoms with Gasteiger partial charge in [-0.3, -0.25) is 9.69 Å². The Morgan fingerprint density at radius 1 is 1.46 bits per heavy atom. The first-order valence-electron chi connectivity index (χ1n) is 7.59. The van der Waals surface area contributed by atoms with Gasteiger partial charge in [0.1, 0.15) is 0 Å². The van der Waals surface area contributed by atoms with E-state index in [1.165, 1.54) is 18.2 Å². The maximum atomic E-state index is 12.3. The highest BCUT2D eigenvalue weighted by molar-refractivity contribution is 7.89. The summed E-state index contributed by atoms with van der Waals surface area (Å²) in [5.74, 6) is -0.269. The molecule has 24 heavy (non-hydrogen) atoms. The third-order valence-corrected chi connectivity index (χ3v) is 5.54. The molecule has 134 valence electrons. The zero-order valence-corrected chi connectivity index (χ0v) is 15.3. The third-order valence-electron chi connectivity index (χ3n) is 4.30. The van der Waals surface area contributed by atoms with Gasteiger partial charge in [0, 0.05) is 19.1 Å². The second-order valence-electron chi connectivity index (χ2n) is 6.83. The number of benzene rings is 1. The first kappa shape index (κ1) is 19.1.